The molecule has 1 aromatic rings. The number of esters is 1. The minimum Gasteiger partial charge on any atom is -0.465 e. The molecule has 0 atom stereocenters. The highest BCUT2D eigenvalue weighted by Crippen LogP contribution is 2.27. The Morgan fingerprint density at radius 2 is 1.95 bits per heavy atom. The van der Waals surface area contributed by atoms with Gasteiger partial charge in [-0.15, -0.1) is 0 Å². The maximum Gasteiger partial charge on any atom is 0.325 e. The molecule has 0 bridgehead atoms. The van der Waals surface area contributed by atoms with Crippen LogP contribution in [0, 0.1) is 0 Å². The van der Waals surface area contributed by atoms with Crippen LogP contribution in [0.25, 0.3) is 0 Å². The summed E-state index contributed by atoms with van der Waals surface area (Å²) in [7, 11) is 0. The van der Waals surface area contributed by atoms with Crippen molar-refractivity contribution < 1.29 is 14.3 Å². The quantitative estimate of drug-likeness (QED) is 0.767. The maximum absolute atomic E-state index is 12.5. The van der Waals surface area contributed by atoms with Crippen molar-refractivity contribution in [1.82, 2.24) is 4.90 Å². The molecule has 0 saturated heterocycles. The summed E-state index contributed by atoms with van der Waals surface area (Å²) in [6, 6.07) is 7.83. The molecule has 21 heavy (non-hydrogen) atoms. The Labute approximate surface area is 125 Å². The van der Waals surface area contributed by atoms with E-state index in [0.717, 1.165) is 24.0 Å². The summed E-state index contributed by atoms with van der Waals surface area (Å²) in [4.78, 5) is 25.8. The first kappa shape index (κ1) is 15.5. The summed E-state index contributed by atoms with van der Waals surface area (Å²) in [6.07, 6.45) is 2.20. The number of ether oxygens (including phenoxy) is 1. The van der Waals surface area contributed by atoms with E-state index in [1.807, 2.05) is 24.3 Å². The molecule has 2 N–H and O–H groups in total. The van der Waals surface area contributed by atoms with Crippen LogP contribution in [0.4, 0.5) is 0 Å². The fourth-order valence-electron chi connectivity index (χ4n) is 2.35. The molecule has 2 rings (SSSR count). The van der Waals surface area contributed by atoms with Crippen molar-refractivity contribution >= 4 is 11.9 Å². The molecule has 1 fully saturated rings. The summed E-state index contributed by atoms with van der Waals surface area (Å²) in [5, 5.41) is 0. The van der Waals surface area contributed by atoms with Crippen molar-refractivity contribution in [2.24, 2.45) is 5.73 Å². The summed E-state index contributed by atoms with van der Waals surface area (Å²) >= 11 is 0. The van der Waals surface area contributed by atoms with Gasteiger partial charge < -0.3 is 15.4 Å². The van der Waals surface area contributed by atoms with Gasteiger partial charge in [0.1, 0.15) is 6.54 Å². The van der Waals surface area contributed by atoms with Gasteiger partial charge in [-0.05, 0) is 30.9 Å². The first-order valence-corrected chi connectivity index (χ1v) is 7.37. The molecule has 1 saturated carbocycles. The number of rotatable bonds is 7. The average molecular weight is 290 g/mol. The second kappa shape index (κ2) is 7.22. The van der Waals surface area contributed by atoms with Crippen molar-refractivity contribution in [3.05, 3.63) is 35.4 Å². The van der Waals surface area contributed by atoms with Crippen LogP contribution in [0.3, 0.4) is 0 Å². The lowest BCUT2D eigenvalue weighted by atomic mass is 10.0. The summed E-state index contributed by atoms with van der Waals surface area (Å²) in [5.74, 6) is -0.378. The number of hydrogen-bond donors (Lipinski definition) is 1. The van der Waals surface area contributed by atoms with E-state index in [2.05, 4.69) is 0 Å². The monoisotopic (exact) mass is 290 g/mol. The van der Waals surface area contributed by atoms with E-state index in [1.54, 1.807) is 11.8 Å². The molecule has 0 radical (unpaired) electrons. The fraction of sp³-hybridized carbons (Fsp3) is 0.500. The molecular weight excluding hydrogens is 268 g/mol. The topological polar surface area (TPSA) is 72.6 Å². The van der Waals surface area contributed by atoms with Crippen molar-refractivity contribution in [2.75, 3.05) is 13.2 Å². The molecule has 5 heteroatoms. The van der Waals surface area contributed by atoms with Gasteiger partial charge in [-0.2, -0.15) is 0 Å². The molecule has 1 aliphatic carbocycles. The van der Waals surface area contributed by atoms with Crippen LogP contribution in [-0.4, -0.2) is 36.0 Å². The Kier molecular flexibility index (Phi) is 5.33. The van der Waals surface area contributed by atoms with Crippen LogP contribution >= 0.6 is 0 Å². The van der Waals surface area contributed by atoms with Gasteiger partial charge in [0.2, 0.25) is 5.91 Å². The predicted octanol–water partition coefficient (Wildman–Crippen LogP) is 1.24. The Balaban J connectivity index is 2.03. The zero-order chi connectivity index (χ0) is 15.2. The minimum atomic E-state index is -0.343. The highest BCUT2D eigenvalue weighted by atomic mass is 16.5. The summed E-state index contributed by atoms with van der Waals surface area (Å²) in [6.45, 7) is 2.55. The third kappa shape index (κ3) is 4.29. The zero-order valence-corrected chi connectivity index (χ0v) is 12.4. The van der Waals surface area contributed by atoms with Crippen LogP contribution in [0.5, 0.6) is 0 Å². The van der Waals surface area contributed by atoms with Crippen molar-refractivity contribution in [3.63, 3.8) is 0 Å². The normalized spacial score (nSPS) is 13.8. The molecule has 1 aliphatic rings. The van der Waals surface area contributed by atoms with E-state index in [9.17, 15) is 9.59 Å². The van der Waals surface area contributed by atoms with E-state index < -0.39 is 0 Å². The van der Waals surface area contributed by atoms with Crippen molar-refractivity contribution in [2.45, 2.75) is 38.8 Å². The SMILES string of the molecule is CCOC(=O)CN(C(=O)Cc1ccccc1CN)C1CC1. The van der Waals surface area contributed by atoms with Crippen LogP contribution in [0.15, 0.2) is 24.3 Å². The van der Waals surface area contributed by atoms with E-state index in [-0.39, 0.29) is 30.9 Å². The van der Waals surface area contributed by atoms with E-state index >= 15 is 0 Å². The molecule has 0 spiro atoms. The third-order valence-electron chi connectivity index (χ3n) is 3.59. The number of benzene rings is 1. The summed E-state index contributed by atoms with van der Waals surface area (Å²) in [5.41, 5.74) is 7.60. The minimum absolute atomic E-state index is 0.0357. The Hall–Kier alpha value is -1.88. The number of nitrogens with zero attached hydrogens (tertiary/aromatic N) is 1. The lowest BCUT2D eigenvalue weighted by Gasteiger charge is -2.22. The van der Waals surface area contributed by atoms with E-state index in [0.29, 0.717) is 13.2 Å². The molecule has 0 aliphatic heterocycles. The number of carbonyl (C=O) groups is 2. The molecule has 0 aromatic heterocycles. The number of carbonyl (C=O) groups excluding carboxylic acids is 2. The number of amides is 1. The molecular formula is C16H22N2O3. The molecule has 0 unspecified atom stereocenters. The van der Waals surface area contributed by atoms with Gasteiger partial charge in [0.15, 0.2) is 0 Å². The molecule has 5 nitrogen and oxygen atoms in total. The second-order valence-corrected chi connectivity index (χ2v) is 5.21. The van der Waals surface area contributed by atoms with Crippen molar-refractivity contribution in [1.29, 1.82) is 0 Å². The van der Waals surface area contributed by atoms with Crippen LogP contribution in [0.2, 0.25) is 0 Å². The number of nitrogens with two attached hydrogens (primary N) is 1. The lowest BCUT2D eigenvalue weighted by molar-refractivity contribution is -0.149. The largest absolute Gasteiger partial charge is 0.465 e. The number of hydrogen-bond acceptors (Lipinski definition) is 4. The van der Waals surface area contributed by atoms with Gasteiger partial charge in [-0.3, -0.25) is 9.59 Å². The van der Waals surface area contributed by atoms with Gasteiger partial charge >= 0.3 is 5.97 Å². The van der Waals surface area contributed by atoms with Gasteiger partial charge in [0, 0.05) is 12.6 Å². The predicted molar refractivity (Wildman–Crippen MR) is 79.4 cm³/mol. The Morgan fingerprint density at radius 1 is 1.29 bits per heavy atom. The lowest BCUT2D eigenvalue weighted by Crippen LogP contribution is -2.39. The molecule has 114 valence electrons. The third-order valence-corrected chi connectivity index (χ3v) is 3.59. The molecule has 1 amide bonds. The standard InChI is InChI=1S/C16H22N2O3/c1-2-21-16(20)11-18(14-7-8-14)15(19)9-12-5-3-4-6-13(12)10-17/h3-6,14H,2,7-11,17H2,1H3. The highest BCUT2D eigenvalue weighted by Gasteiger charge is 2.34. The first-order valence-electron chi connectivity index (χ1n) is 7.37. The molecule has 1 aromatic carbocycles. The van der Waals surface area contributed by atoms with E-state index in [4.69, 9.17) is 10.5 Å². The summed E-state index contributed by atoms with van der Waals surface area (Å²) < 4.78 is 4.94. The average Bonchev–Trinajstić information content (AvgIpc) is 3.30. The van der Waals surface area contributed by atoms with Crippen LogP contribution < -0.4 is 5.73 Å². The zero-order valence-electron chi connectivity index (χ0n) is 12.4. The Bertz CT molecular complexity index is 512. The smallest absolute Gasteiger partial charge is 0.325 e. The maximum atomic E-state index is 12.5. The van der Waals surface area contributed by atoms with Crippen molar-refractivity contribution in [3.8, 4) is 0 Å². The van der Waals surface area contributed by atoms with Gasteiger partial charge in [0.25, 0.3) is 0 Å². The van der Waals surface area contributed by atoms with Crippen LogP contribution in [0.1, 0.15) is 30.9 Å². The second-order valence-electron chi connectivity index (χ2n) is 5.21. The fourth-order valence-corrected chi connectivity index (χ4v) is 2.35. The van der Waals surface area contributed by atoms with Gasteiger partial charge in [0.05, 0.1) is 13.0 Å². The van der Waals surface area contributed by atoms with E-state index in [1.165, 1.54) is 0 Å². The van der Waals surface area contributed by atoms with Crippen LogP contribution in [-0.2, 0) is 27.3 Å². The Morgan fingerprint density at radius 3 is 2.52 bits per heavy atom. The molecule has 0 heterocycles. The highest BCUT2D eigenvalue weighted by molar-refractivity contribution is 5.84. The first-order chi connectivity index (χ1) is 10.2. The van der Waals surface area contributed by atoms with Gasteiger partial charge in [-0.1, -0.05) is 24.3 Å². The van der Waals surface area contributed by atoms with Gasteiger partial charge in [-0.25, -0.2) is 0 Å².